The van der Waals surface area contributed by atoms with Crippen LogP contribution in [0.4, 0.5) is 0 Å². The third kappa shape index (κ3) is 3.45. The van der Waals surface area contributed by atoms with E-state index >= 15 is 0 Å². The summed E-state index contributed by atoms with van der Waals surface area (Å²) in [5.74, 6) is -0.0477. The van der Waals surface area contributed by atoms with Crippen LogP contribution >= 0.6 is 11.6 Å². The summed E-state index contributed by atoms with van der Waals surface area (Å²) < 4.78 is 24.6. The molecule has 0 bridgehead atoms. The van der Waals surface area contributed by atoms with Gasteiger partial charge in [-0.25, -0.2) is 12.7 Å². The predicted octanol–water partition coefficient (Wildman–Crippen LogP) is 1.06. The quantitative estimate of drug-likeness (QED) is 0.863. The molecule has 0 radical (unpaired) electrons. The minimum absolute atomic E-state index is 0.0477. The second kappa shape index (κ2) is 5.63. The molecule has 0 aliphatic rings. The lowest BCUT2D eigenvalue weighted by atomic mass is 10.2. The van der Waals surface area contributed by atoms with Crippen molar-refractivity contribution >= 4 is 21.6 Å². The van der Waals surface area contributed by atoms with Gasteiger partial charge in [0.2, 0.25) is 10.0 Å². The lowest BCUT2D eigenvalue weighted by molar-refractivity contribution is 0.467. The molecule has 90 valence electrons. The summed E-state index contributed by atoms with van der Waals surface area (Å²) in [6, 6.07) is 7.17. The van der Waals surface area contributed by atoms with Crippen LogP contribution in [-0.4, -0.2) is 32.1 Å². The molecule has 0 saturated heterocycles. The van der Waals surface area contributed by atoms with Crippen molar-refractivity contribution in [2.75, 3.05) is 19.3 Å². The highest BCUT2D eigenvalue weighted by Crippen LogP contribution is 2.17. The fraction of sp³-hybridized carbons (Fsp3) is 0.400. The Balaban J connectivity index is 2.79. The van der Waals surface area contributed by atoms with E-state index < -0.39 is 10.0 Å². The van der Waals surface area contributed by atoms with Gasteiger partial charge in [0, 0.05) is 25.2 Å². The molecule has 16 heavy (non-hydrogen) atoms. The highest BCUT2D eigenvalue weighted by atomic mass is 35.5. The van der Waals surface area contributed by atoms with Gasteiger partial charge in [-0.2, -0.15) is 0 Å². The maximum Gasteiger partial charge on any atom is 0.215 e. The van der Waals surface area contributed by atoms with E-state index in [0.29, 0.717) is 5.02 Å². The molecule has 1 aromatic carbocycles. The molecule has 0 unspecified atom stereocenters. The number of halogens is 1. The molecule has 0 aliphatic heterocycles. The molecule has 0 aromatic heterocycles. The lowest BCUT2D eigenvalue weighted by Crippen LogP contribution is -2.31. The normalized spacial score (nSPS) is 12.0. The molecule has 2 N–H and O–H groups in total. The first-order chi connectivity index (χ1) is 7.47. The smallest absolute Gasteiger partial charge is 0.215 e. The minimum Gasteiger partial charge on any atom is -0.329 e. The van der Waals surface area contributed by atoms with Crippen LogP contribution in [0.3, 0.4) is 0 Å². The molecule has 1 aromatic rings. The molecule has 0 fully saturated rings. The fourth-order valence-corrected chi connectivity index (χ4v) is 2.41. The van der Waals surface area contributed by atoms with Gasteiger partial charge in [0.25, 0.3) is 0 Å². The zero-order chi connectivity index (χ0) is 12.2. The van der Waals surface area contributed by atoms with Crippen LogP contribution in [0, 0.1) is 0 Å². The summed E-state index contributed by atoms with van der Waals surface area (Å²) in [4.78, 5) is 0. The van der Waals surface area contributed by atoms with Gasteiger partial charge in [0.05, 0.1) is 5.75 Å². The Bertz CT molecular complexity index is 448. The zero-order valence-corrected chi connectivity index (χ0v) is 10.6. The van der Waals surface area contributed by atoms with Gasteiger partial charge in [-0.3, -0.25) is 0 Å². The second-order valence-electron chi connectivity index (χ2n) is 3.45. The molecule has 0 spiro atoms. The van der Waals surface area contributed by atoms with Gasteiger partial charge in [-0.05, 0) is 11.6 Å². The van der Waals surface area contributed by atoms with E-state index in [9.17, 15) is 8.42 Å². The molecule has 0 atom stereocenters. The van der Waals surface area contributed by atoms with Gasteiger partial charge in [0.15, 0.2) is 0 Å². The van der Waals surface area contributed by atoms with E-state index in [1.807, 2.05) is 6.07 Å². The summed E-state index contributed by atoms with van der Waals surface area (Å²) in [6.45, 7) is 0.386. The molecule has 0 amide bonds. The Morgan fingerprint density at radius 2 is 2.00 bits per heavy atom. The van der Waals surface area contributed by atoms with Crippen molar-refractivity contribution in [1.29, 1.82) is 0 Å². The Kier molecular flexibility index (Phi) is 4.73. The van der Waals surface area contributed by atoms with Crippen molar-refractivity contribution in [3.63, 3.8) is 0 Å². The van der Waals surface area contributed by atoms with Crippen LogP contribution in [0.1, 0.15) is 5.56 Å². The van der Waals surface area contributed by atoms with Gasteiger partial charge < -0.3 is 5.73 Å². The van der Waals surface area contributed by atoms with Crippen LogP contribution in [0.2, 0.25) is 5.02 Å². The van der Waals surface area contributed by atoms with Crippen molar-refractivity contribution in [1.82, 2.24) is 4.31 Å². The van der Waals surface area contributed by atoms with Gasteiger partial charge in [-0.1, -0.05) is 29.8 Å². The molecular weight excluding hydrogens is 248 g/mol. The maximum absolute atomic E-state index is 11.6. The first-order valence-electron chi connectivity index (χ1n) is 4.85. The Morgan fingerprint density at radius 3 is 2.56 bits per heavy atom. The predicted molar refractivity (Wildman–Crippen MR) is 65.8 cm³/mol. The number of hydrogen-bond acceptors (Lipinski definition) is 3. The number of nitrogens with zero attached hydrogens (tertiary/aromatic N) is 1. The topological polar surface area (TPSA) is 63.4 Å². The summed E-state index contributed by atoms with van der Waals surface area (Å²) in [7, 11) is -1.75. The van der Waals surface area contributed by atoms with Crippen LogP contribution in [0.5, 0.6) is 0 Å². The zero-order valence-electron chi connectivity index (χ0n) is 9.06. The van der Waals surface area contributed by atoms with Crippen molar-refractivity contribution < 1.29 is 8.42 Å². The average molecular weight is 263 g/mol. The van der Waals surface area contributed by atoms with E-state index in [4.69, 9.17) is 17.3 Å². The van der Waals surface area contributed by atoms with Gasteiger partial charge in [0.1, 0.15) is 0 Å². The summed E-state index contributed by atoms with van der Waals surface area (Å²) >= 11 is 5.95. The molecule has 0 saturated carbocycles. The fourth-order valence-electron chi connectivity index (χ4n) is 1.27. The highest BCUT2D eigenvalue weighted by Gasteiger charge is 2.17. The summed E-state index contributed by atoms with van der Waals surface area (Å²) in [5.41, 5.74) is 6.03. The van der Waals surface area contributed by atoms with Crippen molar-refractivity contribution in [3.05, 3.63) is 34.9 Å². The number of benzene rings is 1. The van der Waals surface area contributed by atoms with Crippen LogP contribution in [0.25, 0.3) is 0 Å². The SMILES string of the molecule is CN(Cc1ccccc1Cl)S(=O)(=O)CCN. The molecule has 1 rings (SSSR count). The standard InChI is InChI=1S/C10H15ClN2O2S/c1-13(16(14,15)7-6-12)8-9-4-2-3-5-10(9)11/h2-5H,6-8,12H2,1H3. The Hall–Kier alpha value is -0.620. The average Bonchev–Trinajstić information content (AvgIpc) is 2.21. The van der Waals surface area contributed by atoms with Gasteiger partial charge >= 0.3 is 0 Å². The van der Waals surface area contributed by atoms with E-state index in [1.165, 1.54) is 11.4 Å². The van der Waals surface area contributed by atoms with Crippen molar-refractivity contribution in [2.24, 2.45) is 5.73 Å². The third-order valence-corrected chi connectivity index (χ3v) is 4.40. The van der Waals surface area contributed by atoms with E-state index in [-0.39, 0.29) is 18.8 Å². The van der Waals surface area contributed by atoms with E-state index in [0.717, 1.165) is 5.56 Å². The number of hydrogen-bond donors (Lipinski definition) is 1. The third-order valence-electron chi connectivity index (χ3n) is 2.20. The lowest BCUT2D eigenvalue weighted by Gasteiger charge is -2.17. The molecular formula is C10H15ClN2O2S. The first-order valence-corrected chi connectivity index (χ1v) is 6.83. The maximum atomic E-state index is 11.6. The van der Waals surface area contributed by atoms with Crippen LogP contribution in [-0.2, 0) is 16.6 Å². The number of rotatable bonds is 5. The molecule has 0 aliphatic carbocycles. The molecule has 6 heteroatoms. The summed E-state index contributed by atoms with van der Waals surface area (Å²) in [6.07, 6.45) is 0. The number of nitrogens with two attached hydrogens (primary N) is 1. The van der Waals surface area contributed by atoms with Crippen molar-refractivity contribution in [2.45, 2.75) is 6.54 Å². The largest absolute Gasteiger partial charge is 0.329 e. The minimum atomic E-state index is -3.28. The van der Waals surface area contributed by atoms with Crippen LogP contribution < -0.4 is 5.73 Å². The molecule has 4 nitrogen and oxygen atoms in total. The number of sulfonamides is 1. The second-order valence-corrected chi connectivity index (χ2v) is 6.05. The van der Waals surface area contributed by atoms with E-state index in [2.05, 4.69) is 0 Å². The van der Waals surface area contributed by atoms with E-state index in [1.54, 1.807) is 18.2 Å². The Labute approximate surface area is 101 Å². The van der Waals surface area contributed by atoms with Crippen molar-refractivity contribution in [3.8, 4) is 0 Å². The highest BCUT2D eigenvalue weighted by molar-refractivity contribution is 7.89. The van der Waals surface area contributed by atoms with Gasteiger partial charge in [-0.15, -0.1) is 0 Å². The first kappa shape index (κ1) is 13.4. The summed E-state index contributed by atoms with van der Waals surface area (Å²) in [5, 5.41) is 0.567. The monoisotopic (exact) mass is 262 g/mol. The Morgan fingerprint density at radius 1 is 1.38 bits per heavy atom. The molecule has 0 heterocycles. The van der Waals surface area contributed by atoms with Crippen LogP contribution in [0.15, 0.2) is 24.3 Å².